The Balaban J connectivity index is 1.72. The third kappa shape index (κ3) is 3.19. The highest BCUT2D eigenvalue weighted by Gasteiger charge is 2.16. The van der Waals surface area contributed by atoms with Crippen molar-refractivity contribution in [1.29, 1.82) is 0 Å². The summed E-state index contributed by atoms with van der Waals surface area (Å²) < 4.78 is 0. The van der Waals surface area contributed by atoms with E-state index in [0.29, 0.717) is 18.4 Å². The van der Waals surface area contributed by atoms with E-state index in [1.165, 1.54) is 22.6 Å². The third-order valence-corrected chi connectivity index (χ3v) is 4.37. The van der Waals surface area contributed by atoms with E-state index in [1.54, 1.807) is 11.3 Å². The monoisotopic (exact) mass is 309 g/mol. The number of hydrogen-bond acceptors (Lipinski definition) is 6. The van der Waals surface area contributed by atoms with Gasteiger partial charge in [0.1, 0.15) is 0 Å². The van der Waals surface area contributed by atoms with Gasteiger partial charge in [0.05, 0.1) is 6.54 Å². The average molecular weight is 310 g/mol. The Morgan fingerprint density at radius 1 is 1.25 bits per heavy atom. The van der Waals surface area contributed by atoms with Crippen molar-refractivity contribution in [2.75, 3.05) is 23.3 Å². The van der Waals surface area contributed by atoms with E-state index in [4.69, 9.17) is 11.6 Å². The smallest absolute Gasteiger partial charge is 0.231 e. The summed E-state index contributed by atoms with van der Waals surface area (Å²) in [5.41, 5.74) is 0. The molecule has 106 valence electrons. The molecule has 2 aromatic heterocycles. The molecule has 0 radical (unpaired) electrons. The molecule has 0 spiro atoms. The number of halogens is 1. The fourth-order valence-corrected chi connectivity index (χ4v) is 3.21. The molecule has 2 aromatic rings. The number of thiophene rings is 1. The molecule has 3 rings (SSSR count). The van der Waals surface area contributed by atoms with E-state index >= 15 is 0 Å². The van der Waals surface area contributed by atoms with Crippen molar-refractivity contribution in [1.82, 2.24) is 15.0 Å². The Kier molecular flexibility index (Phi) is 4.03. The Morgan fingerprint density at radius 3 is 2.75 bits per heavy atom. The van der Waals surface area contributed by atoms with E-state index in [9.17, 15) is 0 Å². The second kappa shape index (κ2) is 5.93. The molecular formula is C13H16ClN5S. The molecule has 3 heterocycles. The highest BCUT2D eigenvalue weighted by molar-refractivity contribution is 7.11. The first kappa shape index (κ1) is 13.6. The molecule has 0 bridgehead atoms. The quantitative estimate of drug-likeness (QED) is 0.940. The third-order valence-electron chi connectivity index (χ3n) is 3.20. The Morgan fingerprint density at radius 2 is 2.05 bits per heavy atom. The predicted octanol–water partition coefficient (Wildman–Crippen LogP) is 3.11. The number of nitrogens with zero attached hydrogens (tertiary/aromatic N) is 4. The van der Waals surface area contributed by atoms with Gasteiger partial charge in [-0.25, -0.2) is 0 Å². The molecule has 20 heavy (non-hydrogen) atoms. The first-order chi connectivity index (χ1) is 9.70. The lowest BCUT2D eigenvalue weighted by Crippen LogP contribution is -2.21. The maximum absolute atomic E-state index is 5.99. The number of nitrogens with one attached hydrogen (secondary N) is 1. The Labute approximate surface area is 127 Å². The zero-order valence-electron chi connectivity index (χ0n) is 11.3. The van der Waals surface area contributed by atoms with Crippen LogP contribution in [0.15, 0.2) is 12.1 Å². The predicted molar refractivity (Wildman–Crippen MR) is 82.7 cm³/mol. The lowest BCUT2D eigenvalue weighted by atomic mass is 10.4. The van der Waals surface area contributed by atoms with Gasteiger partial charge >= 0.3 is 0 Å². The highest BCUT2D eigenvalue weighted by Crippen LogP contribution is 2.20. The van der Waals surface area contributed by atoms with Gasteiger partial charge in [-0.2, -0.15) is 15.0 Å². The first-order valence-electron chi connectivity index (χ1n) is 6.66. The standard InChI is InChI=1S/C13H16ClN5S/c1-9-4-5-10(20-9)8-15-12-16-11(14)17-13(18-12)19-6-2-3-7-19/h4-5H,2-3,6-8H2,1H3,(H,15,16,17,18). The topological polar surface area (TPSA) is 53.9 Å². The molecule has 7 heteroatoms. The average Bonchev–Trinajstić information content (AvgIpc) is 3.07. The van der Waals surface area contributed by atoms with E-state index < -0.39 is 0 Å². The molecule has 1 saturated heterocycles. The Bertz CT molecular complexity index is 594. The molecule has 0 unspecified atom stereocenters. The summed E-state index contributed by atoms with van der Waals surface area (Å²) in [5.74, 6) is 1.21. The van der Waals surface area contributed by atoms with E-state index in [0.717, 1.165) is 13.1 Å². The van der Waals surface area contributed by atoms with Gasteiger partial charge in [0.15, 0.2) is 0 Å². The molecule has 0 atom stereocenters. The summed E-state index contributed by atoms with van der Waals surface area (Å²) in [4.78, 5) is 17.5. The minimum atomic E-state index is 0.242. The fraction of sp³-hybridized carbons (Fsp3) is 0.462. The van der Waals surface area contributed by atoms with Crippen molar-refractivity contribution in [3.05, 3.63) is 27.2 Å². The molecule has 1 fully saturated rings. The van der Waals surface area contributed by atoms with Gasteiger partial charge < -0.3 is 10.2 Å². The van der Waals surface area contributed by atoms with Crippen molar-refractivity contribution < 1.29 is 0 Å². The van der Waals surface area contributed by atoms with Gasteiger partial charge in [0.25, 0.3) is 0 Å². The summed E-state index contributed by atoms with van der Waals surface area (Å²) in [6.07, 6.45) is 2.36. The van der Waals surface area contributed by atoms with Crippen molar-refractivity contribution >= 4 is 34.8 Å². The van der Waals surface area contributed by atoms with Gasteiger partial charge in [0, 0.05) is 22.8 Å². The normalized spacial score (nSPS) is 14.8. The summed E-state index contributed by atoms with van der Waals surface area (Å²) in [6.45, 7) is 4.78. The van der Waals surface area contributed by atoms with E-state index in [-0.39, 0.29) is 5.28 Å². The molecule has 0 aromatic carbocycles. The van der Waals surface area contributed by atoms with Crippen LogP contribution in [0, 0.1) is 6.92 Å². The zero-order valence-corrected chi connectivity index (χ0v) is 12.8. The fourth-order valence-electron chi connectivity index (χ4n) is 2.22. The minimum absolute atomic E-state index is 0.242. The van der Waals surface area contributed by atoms with Crippen LogP contribution in [0.2, 0.25) is 5.28 Å². The summed E-state index contributed by atoms with van der Waals surface area (Å²) in [5, 5.41) is 3.46. The largest absolute Gasteiger partial charge is 0.349 e. The molecule has 5 nitrogen and oxygen atoms in total. The number of anilines is 2. The van der Waals surface area contributed by atoms with E-state index in [1.807, 2.05) is 0 Å². The van der Waals surface area contributed by atoms with Crippen molar-refractivity contribution in [3.63, 3.8) is 0 Å². The summed E-state index contributed by atoms with van der Waals surface area (Å²) in [6, 6.07) is 4.22. The van der Waals surface area contributed by atoms with Gasteiger partial charge in [-0.3, -0.25) is 0 Å². The second-order valence-corrected chi connectivity index (χ2v) is 6.50. The molecular weight excluding hydrogens is 294 g/mol. The van der Waals surface area contributed by atoms with Crippen molar-refractivity contribution in [3.8, 4) is 0 Å². The molecule has 1 aliphatic heterocycles. The van der Waals surface area contributed by atoms with Gasteiger partial charge in [-0.05, 0) is 43.5 Å². The van der Waals surface area contributed by atoms with Crippen LogP contribution in [0.25, 0.3) is 0 Å². The number of rotatable bonds is 4. The molecule has 0 saturated carbocycles. The van der Waals surface area contributed by atoms with E-state index in [2.05, 4.69) is 44.2 Å². The SMILES string of the molecule is Cc1ccc(CNc2nc(Cl)nc(N3CCCC3)n2)s1. The number of hydrogen-bond donors (Lipinski definition) is 1. The molecule has 1 N–H and O–H groups in total. The van der Waals surface area contributed by atoms with Crippen LogP contribution in [0.4, 0.5) is 11.9 Å². The van der Waals surface area contributed by atoms with Crippen LogP contribution in [0.1, 0.15) is 22.6 Å². The lowest BCUT2D eigenvalue weighted by molar-refractivity contribution is 0.877. The number of aromatic nitrogens is 3. The van der Waals surface area contributed by atoms with Gasteiger partial charge in [-0.15, -0.1) is 11.3 Å². The van der Waals surface area contributed by atoms with Crippen LogP contribution >= 0.6 is 22.9 Å². The highest BCUT2D eigenvalue weighted by atomic mass is 35.5. The Hall–Kier alpha value is -1.40. The van der Waals surface area contributed by atoms with Crippen molar-refractivity contribution in [2.45, 2.75) is 26.3 Å². The van der Waals surface area contributed by atoms with Gasteiger partial charge in [0.2, 0.25) is 17.2 Å². The maximum atomic E-state index is 5.99. The molecule has 0 aliphatic carbocycles. The maximum Gasteiger partial charge on any atom is 0.231 e. The van der Waals surface area contributed by atoms with Crippen LogP contribution in [0.3, 0.4) is 0 Å². The zero-order chi connectivity index (χ0) is 13.9. The van der Waals surface area contributed by atoms with Crippen molar-refractivity contribution in [2.24, 2.45) is 0 Å². The van der Waals surface area contributed by atoms with Gasteiger partial charge in [-0.1, -0.05) is 0 Å². The summed E-state index contributed by atoms with van der Waals surface area (Å²) in [7, 11) is 0. The van der Waals surface area contributed by atoms with Crippen LogP contribution in [-0.4, -0.2) is 28.0 Å². The van der Waals surface area contributed by atoms with Crippen LogP contribution in [0.5, 0.6) is 0 Å². The minimum Gasteiger partial charge on any atom is -0.349 e. The van der Waals surface area contributed by atoms with Crippen LogP contribution < -0.4 is 10.2 Å². The second-order valence-electron chi connectivity index (χ2n) is 4.79. The lowest BCUT2D eigenvalue weighted by Gasteiger charge is -2.15. The van der Waals surface area contributed by atoms with Crippen LogP contribution in [-0.2, 0) is 6.54 Å². The first-order valence-corrected chi connectivity index (χ1v) is 7.86. The number of aryl methyl sites for hydroxylation is 1. The summed E-state index contributed by atoms with van der Waals surface area (Å²) >= 11 is 7.75. The molecule has 0 amide bonds. The molecule has 1 aliphatic rings.